The second-order valence-corrected chi connectivity index (χ2v) is 4.99. The maximum Gasteiger partial charge on any atom is 0.208 e. The summed E-state index contributed by atoms with van der Waals surface area (Å²) in [4.78, 5) is 4.49. The van der Waals surface area contributed by atoms with Crippen LogP contribution >= 0.6 is 11.6 Å². The Kier molecular flexibility index (Phi) is 4.45. The van der Waals surface area contributed by atoms with E-state index >= 15 is 0 Å². The summed E-state index contributed by atoms with van der Waals surface area (Å²) < 4.78 is 7.12. The van der Waals surface area contributed by atoms with Crippen molar-refractivity contribution in [1.82, 2.24) is 9.55 Å². The summed E-state index contributed by atoms with van der Waals surface area (Å²) in [7, 11) is 1.69. The summed E-state index contributed by atoms with van der Waals surface area (Å²) in [6.45, 7) is 4.64. The third kappa shape index (κ3) is 3.49. The number of nitrogens with one attached hydrogen (secondary N) is 1. The fraction of sp³-hybridized carbons (Fsp3) is 0.357. The SMILES string of the molecule is COCC(C)Nc1nc(C)cn1-c1cccc(Cl)c1. The topological polar surface area (TPSA) is 39.1 Å². The van der Waals surface area contributed by atoms with Crippen molar-refractivity contribution in [3.05, 3.63) is 41.2 Å². The van der Waals surface area contributed by atoms with E-state index in [0.29, 0.717) is 11.6 Å². The van der Waals surface area contributed by atoms with Crippen molar-refractivity contribution in [2.45, 2.75) is 19.9 Å². The number of aryl methyl sites for hydroxylation is 1. The van der Waals surface area contributed by atoms with Gasteiger partial charge in [0.15, 0.2) is 0 Å². The van der Waals surface area contributed by atoms with Crippen molar-refractivity contribution in [1.29, 1.82) is 0 Å². The molecule has 0 saturated carbocycles. The normalized spacial score (nSPS) is 12.4. The Balaban J connectivity index is 2.30. The molecule has 1 heterocycles. The van der Waals surface area contributed by atoms with Gasteiger partial charge in [0.2, 0.25) is 5.95 Å². The zero-order chi connectivity index (χ0) is 13.8. The van der Waals surface area contributed by atoms with Crippen molar-refractivity contribution < 1.29 is 4.74 Å². The number of aromatic nitrogens is 2. The van der Waals surface area contributed by atoms with Gasteiger partial charge in [-0.15, -0.1) is 0 Å². The highest BCUT2D eigenvalue weighted by Gasteiger charge is 2.10. The first-order valence-corrected chi connectivity index (χ1v) is 6.55. The smallest absolute Gasteiger partial charge is 0.208 e. The molecule has 1 atom stereocenters. The summed E-state index contributed by atoms with van der Waals surface area (Å²) in [5.41, 5.74) is 1.94. The number of benzene rings is 1. The number of halogens is 1. The molecule has 102 valence electrons. The first kappa shape index (κ1) is 13.9. The number of hydrogen-bond acceptors (Lipinski definition) is 3. The molecular weight excluding hydrogens is 262 g/mol. The van der Waals surface area contributed by atoms with Gasteiger partial charge in [-0.2, -0.15) is 0 Å². The molecule has 0 aliphatic carbocycles. The Bertz CT molecular complexity index is 553. The van der Waals surface area contributed by atoms with Crippen LogP contribution in [0.2, 0.25) is 5.02 Å². The Hall–Kier alpha value is -1.52. The lowest BCUT2D eigenvalue weighted by Crippen LogP contribution is -2.22. The molecule has 0 amide bonds. The molecule has 1 N–H and O–H groups in total. The van der Waals surface area contributed by atoms with Gasteiger partial charge >= 0.3 is 0 Å². The lowest BCUT2D eigenvalue weighted by atomic mass is 10.3. The van der Waals surface area contributed by atoms with Gasteiger partial charge in [0.25, 0.3) is 0 Å². The molecule has 1 aromatic carbocycles. The predicted molar refractivity (Wildman–Crippen MR) is 78.3 cm³/mol. The lowest BCUT2D eigenvalue weighted by Gasteiger charge is -2.15. The van der Waals surface area contributed by atoms with Crippen LogP contribution in [-0.2, 0) is 4.74 Å². The summed E-state index contributed by atoms with van der Waals surface area (Å²) in [6.07, 6.45) is 1.98. The molecular formula is C14H18ClN3O. The number of anilines is 1. The van der Waals surface area contributed by atoms with E-state index < -0.39 is 0 Å². The van der Waals surface area contributed by atoms with E-state index in [1.54, 1.807) is 7.11 Å². The van der Waals surface area contributed by atoms with Crippen molar-refractivity contribution in [2.24, 2.45) is 0 Å². The van der Waals surface area contributed by atoms with Crippen LogP contribution in [0.25, 0.3) is 5.69 Å². The fourth-order valence-corrected chi connectivity index (χ4v) is 2.12. The second kappa shape index (κ2) is 6.08. The van der Waals surface area contributed by atoms with Gasteiger partial charge < -0.3 is 10.1 Å². The molecule has 0 radical (unpaired) electrons. The Labute approximate surface area is 118 Å². The van der Waals surface area contributed by atoms with Crippen LogP contribution in [0.1, 0.15) is 12.6 Å². The van der Waals surface area contributed by atoms with Crippen LogP contribution in [-0.4, -0.2) is 29.3 Å². The minimum Gasteiger partial charge on any atom is -0.383 e. The van der Waals surface area contributed by atoms with Crippen LogP contribution in [0, 0.1) is 6.92 Å². The average molecular weight is 280 g/mol. The molecule has 0 spiro atoms. The third-order valence-electron chi connectivity index (χ3n) is 2.70. The van der Waals surface area contributed by atoms with E-state index in [9.17, 15) is 0 Å². The minimum atomic E-state index is 0.185. The van der Waals surface area contributed by atoms with Crippen LogP contribution in [0.15, 0.2) is 30.5 Å². The minimum absolute atomic E-state index is 0.185. The number of imidazole rings is 1. The van der Waals surface area contributed by atoms with Crippen molar-refractivity contribution >= 4 is 17.5 Å². The summed E-state index contributed by atoms with van der Waals surface area (Å²) >= 11 is 6.04. The molecule has 0 saturated heterocycles. The molecule has 0 aliphatic rings. The highest BCUT2D eigenvalue weighted by Crippen LogP contribution is 2.20. The molecule has 2 rings (SSSR count). The molecule has 19 heavy (non-hydrogen) atoms. The van der Waals surface area contributed by atoms with E-state index in [1.165, 1.54) is 0 Å². The highest BCUT2D eigenvalue weighted by molar-refractivity contribution is 6.30. The zero-order valence-corrected chi connectivity index (χ0v) is 12.1. The number of methoxy groups -OCH3 is 1. The van der Waals surface area contributed by atoms with Gasteiger partial charge in [0, 0.05) is 30.1 Å². The molecule has 5 heteroatoms. The summed E-state index contributed by atoms with van der Waals surface area (Å²) in [5.74, 6) is 0.796. The Morgan fingerprint density at radius 3 is 2.95 bits per heavy atom. The summed E-state index contributed by atoms with van der Waals surface area (Å²) in [5, 5.41) is 4.04. The van der Waals surface area contributed by atoms with Gasteiger partial charge in [0.1, 0.15) is 0 Å². The van der Waals surface area contributed by atoms with Gasteiger partial charge in [-0.25, -0.2) is 4.98 Å². The van der Waals surface area contributed by atoms with Crippen LogP contribution < -0.4 is 5.32 Å². The average Bonchev–Trinajstić information content (AvgIpc) is 2.70. The van der Waals surface area contributed by atoms with Crippen LogP contribution in [0.5, 0.6) is 0 Å². The van der Waals surface area contributed by atoms with Crippen LogP contribution in [0.3, 0.4) is 0 Å². The number of nitrogens with zero attached hydrogens (tertiary/aromatic N) is 2. The monoisotopic (exact) mass is 279 g/mol. The standard InChI is InChI=1S/C14H18ClN3O/c1-10-8-18(13-6-4-5-12(15)7-13)14(16-10)17-11(2)9-19-3/h4-8,11H,9H2,1-3H3,(H,16,17). The maximum atomic E-state index is 6.04. The van der Waals surface area contributed by atoms with Gasteiger partial charge in [-0.05, 0) is 32.0 Å². The second-order valence-electron chi connectivity index (χ2n) is 4.56. The third-order valence-corrected chi connectivity index (χ3v) is 2.94. The molecule has 4 nitrogen and oxygen atoms in total. The molecule has 1 aromatic heterocycles. The lowest BCUT2D eigenvalue weighted by molar-refractivity contribution is 0.190. The molecule has 0 bridgehead atoms. The zero-order valence-electron chi connectivity index (χ0n) is 11.4. The Morgan fingerprint density at radius 1 is 1.47 bits per heavy atom. The molecule has 2 aromatic rings. The van der Waals surface area contributed by atoms with E-state index in [1.807, 2.05) is 42.0 Å². The largest absolute Gasteiger partial charge is 0.383 e. The van der Waals surface area contributed by atoms with Crippen LogP contribution in [0.4, 0.5) is 5.95 Å². The highest BCUT2D eigenvalue weighted by atomic mass is 35.5. The Morgan fingerprint density at radius 2 is 2.26 bits per heavy atom. The first-order valence-electron chi connectivity index (χ1n) is 6.17. The van der Waals surface area contributed by atoms with Gasteiger partial charge in [-0.1, -0.05) is 17.7 Å². The van der Waals surface area contributed by atoms with E-state index in [2.05, 4.69) is 17.2 Å². The number of hydrogen-bond donors (Lipinski definition) is 1. The molecule has 1 unspecified atom stereocenters. The van der Waals surface area contributed by atoms with Crippen molar-refractivity contribution in [3.8, 4) is 5.69 Å². The number of rotatable bonds is 5. The van der Waals surface area contributed by atoms with Crippen molar-refractivity contribution in [3.63, 3.8) is 0 Å². The quantitative estimate of drug-likeness (QED) is 0.913. The van der Waals surface area contributed by atoms with Gasteiger partial charge in [-0.3, -0.25) is 4.57 Å². The van der Waals surface area contributed by atoms with E-state index in [-0.39, 0.29) is 6.04 Å². The first-order chi connectivity index (χ1) is 9.10. The van der Waals surface area contributed by atoms with E-state index in [4.69, 9.17) is 16.3 Å². The number of ether oxygens (including phenoxy) is 1. The van der Waals surface area contributed by atoms with E-state index in [0.717, 1.165) is 17.3 Å². The fourth-order valence-electron chi connectivity index (χ4n) is 1.93. The maximum absolute atomic E-state index is 6.04. The summed E-state index contributed by atoms with van der Waals surface area (Å²) in [6, 6.07) is 7.88. The molecule has 0 aliphatic heterocycles. The van der Waals surface area contributed by atoms with Gasteiger partial charge in [0.05, 0.1) is 12.3 Å². The molecule has 0 fully saturated rings. The predicted octanol–water partition coefficient (Wildman–Crippen LogP) is 3.28. The van der Waals surface area contributed by atoms with Crippen molar-refractivity contribution in [2.75, 3.05) is 19.0 Å².